The average Bonchev–Trinajstić information content (AvgIpc) is 2.49. The number of hydrogen-bond donors (Lipinski definition) is 2. The lowest BCUT2D eigenvalue weighted by molar-refractivity contribution is -0.154. The maximum absolute atomic E-state index is 11.6. The van der Waals surface area contributed by atoms with Crippen molar-refractivity contribution >= 4 is 18.0 Å². The molecule has 2 rings (SSSR count). The quantitative estimate of drug-likeness (QED) is 0.603. The molecule has 0 unspecified atom stereocenters. The molecule has 21 heavy (non-hydrogen) atoms. The van der Waals surface area contributed by atoms with E-state index in [0.29, 0.717) is 0 Å². The van der Waals surface area contributed by atoms with Gasteiger partial charge in [0.1, 0.15) is 12.6 Å². The van der Waals surface area contributed by atoms with Crippen LogP contribution in [0.15, 0.2) is 30.3 Å². The minimum Gasteiger partial charge on any atom is -0.464 e. The second kappa shape index (κ2) is 6.74. The molecule has 0 saturated carbocycles. The van der Waals surface area contributed by atoms with Gasteiger partial charge in [0.2, 0.25) is 5.91 Å². The molecule has 1 aliphatic rings. The molecule has 0 aromatic heterocycles. The van der Waals surface area contributed by atoms with Crippen molar-refractivity contribution in [1.29, 1.82) is 0 Å². The Balaban J connectivity index is 1.81. The third kappa shape index (κ3) is 3.71. The summed E-state index contributed by atoms with van der Waals surface area (Å²) in [7, 11) is 0. The molecule has 0 bridgehead atoms. The molecule has 1 aliphatic heterocycles. The number of benzene rings is 1. The van der Waals surface area contributed by atoms with E-state index in [4.69, 9.17) is 9.47 Å². The molecule has 0 spiro atoms. The van der Waals surface area contributed by atoms with Crippen molar-refractivity contribution < 1.29 is 23.9 Å². The normalized spacial score (nSPS) is 20.0. The van der Waals surface area contributed by atoms with Crippen LogP contribution in [0.5, 0.6) is 0 Å². The lowest BCUT2D eigenvalue weighted by atomic mass is 9.99. The van der Waals surface area contributed by atoms with E-state index in [9.17, 15) is 14.4 Å². The third-order valence-corrected chi connectivity index (χ3v) is 2.94. The maximum Gasteiger partial charge on any atom is 0.408 e. The molecular weight excluding hydrogens is 276 g/mol. The number of hydrogen-bond acceptors (Lipinski definition) is 5. The molecule has 1 saturated heterocycles. The first-order chi connectivity index (χ1) is 10.1. The van der Waals surface area contributed by atoms with Gasteiger partial charge in [-0.3, -0.25) is 4.79 Å². The highest BCUT2D eigenvalue weighted by Gasteiger charge is 2.46. The number of alkyl carbamates (subject to hydrolysis) is 1. The van der Waals surface area contributed by atoms with Gasteiger partial charge in [-0.05, 0) is 12.5 Å². The van der Waals surface area contributed by atoms with E-state index in [1.54, 1.807) is 6.92 Å². The van der Waals surface area contributed by atoms with E-state index >= 15 is 0 Å². The summed E-state index contributed by atoms with van der Waals surface area (Å²) in [4.78, 5) is 34.5. The van der Waals surface area contributed by atoms with E-state index in [-0.39, 0.29) is 13.2 Å². The number of nitrogens with one attached hydrogen (secondary N) is 2. The van der Waals surface area contributed by atoms with Crippen molar-refractivity contribution in [3.8, 4) is 0 Å². The van der Waals surface area contributed by atoms with Crippen LogP contribution in [0.2, 0.25) is 0 Å². The molecular formula is C14H16N2O5. The molecule has 7 heteroatoms. The fourth-order valence-electron chi connectivity index (χ4n) is 1.85. The van der Waals surface area contributed by atoms with Gasteiger partial charge < -0.3 is 20.1 Å². The van der Waals surface area contributed by atoms with Crippen molar-refractivity contribution in [2.45, 2.75) is 25.6 Å². The van der Waals surface area contributed by atoms with Gasteiger partial charge in [0.15, 0.2) is 6.04 Å². The van der Waals surface area contributed by atoms with Crippen LogP contribution in [-0.4, -0.2) is 36.7 Å². The Morgan fingerprint density at radius 2 is 1.95 bits per heavy atom. The summed E-state index contributed by atoms with van der Waals surface area (Å²) in [5, 5.41) is 4.72. The maximum atomic E-state index is 11.6. The van der Waals surface area contributed by atoms with Crippen LogP contribution in [0, 0.1) is 0 Å². The Kier molecular flexibility index (Phi) is 4.76. The van der Waals surface area contributed by atoms with Gasteiger partial charge in [-0.1, -0.05) is 30.3 Å². The van der Waals surface area contributed by atoms with E-state index in [0.717, 1.165) is 5.56 Å². The summed E-state index contributed by atoms with van der Waals surface area (Å²) in [6.07, 6.45) is -0.756. The van der Waals surface area contributed by atoms with E-state index in [2.05, 4.69) is 10.6 Å². The first kappa shape index (κ1) is 14.8. The van der Waals surface area contributed by atoms with Gasteiger partial charge >= 0.3 is 12.1 Å². The van der Waals surface area contributed by atoms with Gasteiger partial charge in [-0.25, -0.2) is 9.59 Å². The minimum absolute atomic E-state index is 0.0884. The zero-order valence-electron chi connectivity index (χ0n) is 11.5. The van der Waals surface area contributed by atoms with Crippen molar-refractivity contribution in [3.05, 3.63) is 35.9 Å². The molecule has 1 heterocycles. The van der Waals surface area contributed by atoms with Crippen LogP contribution in [0.1, 0.15) is 12.5 Å². The van der Waals surface area contributed by atoms with E-state index < -0.39 is 30.1 Å². The summed E-state index contributed by atoms with van der Waals surface area (Å²) in [6, 6.07) is 7.32. The van der Waals surface area contributed by atoms with Crippen LogP contribution in [0.25, 0.3) is 0 Å². The molecule has 1 aromatic carbocycles. The third-order valence-electron chi connectivity index (χ3n) is 2.94. The predicted molar refractivity (Wildman–Crippen MR) is 72.1 cm³/mol. The summed E-state index contributed by atoms with van der Waals surface area (Å²) in [6.45, 7) is 1.95. The number of carbonyl (C=O) groups is 3. The number of amides is 2. The zero-order valence-corrected chi connectivity index (χ0v) is 11.5. The number of rotatable bonds is 5. The zero-order chi connectivity index (χ0) is 15.2. The molecule has 112 valence electrons. The van der Waals surface area contributed by atoms with Crippen LogP contribution >= 0.6 is 0 Å². The van der Waals surface area contributed by atoms with E-state index in [1.165, 1.54) is 0 Å². The minimum atomic E-state index is -0.952. The number of ether oxygens (including phenoxy) is 2. The smallest absolute Gasteiger partial charge is 0.408 e. The second-order valence-electron chi connectivity index (χ2n) is 4.42. The summed E-state index contributed by atoms with van der Waals surface area (Å²) < 4.78 is 9.78. The van der Waals surface area contributed by atoms with Crippen LogP contribution in [0.4, 0.5) is 4.79 Å². The highest BCUT2D eigenvalue weighted by Crippen LogP contribution is 2.09. The van der Waals surface area contributed by atoms with Gasteiger partial charge in [0, 0.05) is 0 Å². The average molecular weight is 292 g/mol. The van der Waals surface area contributed by atoms with Gasteiger partial charge in [0.25, 0.3) is 0 Å². The highest BCUT2D eigenvalue weighted by molar-refractivity contribution is 6.01. The molecule has 7 nitrogen and oxygen atoms in total. The first-order valence-corrected chi connectivity index (χ1v) is 6.56. The van der Waals surface area contributed by atoms with E-state index in [1.807, 2.05) is 30.3 Å². The number of β-lactam (4-membered cyclic amide) rings is 1. The Morgan fingerprint density at radius 3 is 2.57 bits per heavy atom. The summed E-state index contributed by atoms with van der Waals surface area (Å²) in [5.41, 5.74) is 0.827. The first-order valence-electron chi connectivity index (χ1n) is 6.56. The van der Waals surface area contributed by atoms with Gasteiger partial charge in [0.05, 0.1) is 6.61 Å². The SMILES string of the molecule is CCOC(=O)[C@@H]1NC(=O)[C@@H]1NC(=O)OCc1ccccc1. The second-order valence-corrected chi connectivity index (χ2v) is 4.42. The largest absolute Gasteiger partial charge is 0.464 e. The van der Waals surface area contributed by atoms with Crippen molar-refractivity contribution in [3.63, 3.8) is 0 Å². The standard InChI is InChI=1S/C14H16N2O5/c1-2-20-13(18)11-10(12(17)15-11)16-14(19)21-8-9-6-4-3-5-7-9/h3-7,10-11H,2,8H2,1H3,(H,15,17)(H,16,19)/t10-,11-/m1/s1. The molecule has 2 atom stereocenters. The molecule has 1 fully saturated rings. The van der Waals surface area contributed by atoms with Gasteiger partial charge in [-0.15, -0.1) is 0 Å². The highest BCUT2D eigenvalue weighted by atomic mass is 16.5. The fourth-order valence-corrected chi connectivity index (χ4v) is 1.85. The number of carbonyl (C=O) groups excluding carboxylic acids is 3. The van der Waals surface area contributed by atoms with Crippen molar-refractivity contribution in [2.75, 3.05) is 6.61 Å². The Bertz CT molecular complexity index is 531. The topological polar surface area (TPSA) is 93.7 Å². The Labute approximate surface area is 121 Å². The van der Waals surface area contributed by atoms with Crippen LogP contribution in [0.3, 0.4) is 0 Å². The fraction of sp³-hybridized carbons (Fsp3) is 0.357. The van der Waals surface area contributed by atoms with Crippen molar-refractivity contribution in [2.24, 2.45) is 0 Å². The predicted octanol–water partition coefficient (Wildman–Crippen LogP) is 0.343. The Morgan fingerprint density at radius 1 is 1.24 bits per heavy atom. The van der Waals surface area contributed by atoms with Gasteiger partial charge in [-0.2, -0.15) is 0 Å². The molecule has 1 aromatic rings. The summed E-state index contributed by atoms with van der Waals surface area (Å²) >= 11 is 0. The lowest BCUT2D eigenvalue weighted by Crippen LogP contribution is -2.72. The Hall–Kier alpha value is -2.57. The number of esters is 1. The molecule has 2 amide bonds. The van der Waals surface area contributed by atoms with Crippen LogP contribution < -0.4 is 10.6 Å². The van der Waals surface area contributed by atoms with Crippen molar-refractivity contribution in [1.82, 2.24) is 10.6 Å². The van der Waals surface area contributed by atoms with Crippen LogP contribution in [-0.2, 0) is 25.7 Å². The monoisotopic (exact) mass is 292 g/mol. The lowest BCUT2D eigenvalue weighted by Gasteiger charge is -2.34. The molecule has 0 radical (unpaired) electrons. The molecule has 2 N–H and O–H groups in total. The molecule has 0 aliphatic carbocycles. The summed E-state index contributed by atoms with van der Waals surface area (Å²) in [5.74, 6) is -1.02.